The molecule has 0 unspecified atom stereocenters. The second-order valence-corrected chi connectivity index (χ2v) is 4.66. The van der Waals surface area contributed by atoms with Gasteiger partial charge in [0.25, 0.3) is 5.91 Å². The lowest BCUT2D eigenvalue weighted by atomic mass is 10.2. The van der Waals surface area contributed by atoms with Crippen molar-refractivity contribution < 1.29 is 13.9 Å². The average Bonchev–Trinajstić information content (AvgIpc) is 2.73. The Morgan fingerprint density at radius 1 is 1.40 bits per heavy atom. The van der Waals surface area contributed by atoms with E-state index in [0.717, 1.165) is 0 Å². The van der Waals surface area contributed by atoms with Crippen LogP contribution in [0, 0.1) is 5.82 Å². The number of aromatic amines is 1. The Morgan fingerprint density at radius 2 is 2.15 bits per heavy atom. The van der Waals surface area contributed by atoms with E-state index >= 15 is 0 Å². The summed E-state index contributed by atoms with van der Waals surface area (Å²) in [6, 6.07) is 5.56. The molecule has 20 heavy (non-hydrogen) atoms. The number of H-pyrrole nitrogens is 1. The Bertz CT molecular complexity index is 624. The first kappa shape index (κ1) is 14.7. The molecule has 0 radical (unpaired) electrons. The highest BCUT2D eigenvalue weighted by atomic mass is 35.5. The minimum Gasteiger partial charge on any atom is -0.491 e. The summed E-state index contributed by atoms with van der Waals surface area (Å²) in [5.41, 5.74) is 0.493. The van der Waals surface area contributed by atoms with Gasteiger partial charge in [0.15, 0.2) is 11.6 Å². The minimum absolute atomic E-state index is 0.136. The van der Waals surface area contributed by atoms with E-state index in [1.165, 1.54) is 24.3 Å². The van der Waals surface area contributed by atoms with Crippen molar-refractivity contribution in [3.8, 4) is 5.75 Å². The summed E-state index contributed by atoms with van der Waals surface area (Å²) in [5, 5.41) is 2.95. The highest BCUT2D eigenvalue weighted by Gasteiger charge is 2.13. The van der Waals surface area contributed by atoms with Crippen LogP contribution in [0.5, 0.6) is 5.75 Å². The van der Waals surface area contributed by atoms with Crippen LogP contribution >= 0.6 is 23.2 Å². The van der Waals surface area contributed by atoms with Gasteiger partial charge in [0, 0.05) is 11.8 Å². The summed E-state index contributed by atoms with van der Waals surface area (Å²) in [4.78, 5) is 14.5. The third-order valence-corrected chi connectivity index (χ3v) is 3.15. The van der Waals surface area contributed by atoms with Crippen molar-refractivity contribution in [3.63, 3.8) is 0 Å². The van der Waals surface area contributed by atoms with E-state index in [-0.39, 0.29) is 21.6 Å². The number of benzene rings is 1. The zero-order chi connectivity index (χ0) is 14.7. The van der Waals surface area contributed by atoms with E-state index in [9.17, 15) is 9.18 Å². The second kappa shape index (κ2) is 6.15. The van der Waals surface area contributed by atoms with Gasteiger partial charge in [0.2, 0.25) is 0 Å². The van der Waals surface area contributed by atoms with E-state index in [4.69, 9.17) is 27.9 Å². The van der Waals surface area contributed by atoms with Gasteiger partial charge in [-0.25, -0.2) is 4.39 Å². The largest absolute Gasteiger partial charge is 0.491 e. The number of anilines is 1. The van der Waals surface area contributed by atoms with E-state index < -0.39 is 11.7 Å². The number of halogens is 3. The Morgan fingerprint density at radius 3 is 2.70 bits per heavy atom. The predicted molar refractivity (Wildman–Crippen MR) is 76.3 cm³/mol. The second-order valence-electron chi connectivity index (χ2n) is 3.88. The maximum atomic E-state index is 13.6. The van der Waals surface area contributed by atoms with E-state index in [1.54, 1.807) is 6.92 Å². The molecule has 2 aromatic rings. The first-order valence-electron chi connectivity index (χ1n) is 5.79. The molecule has 0 saturated heterocycles. The van der Waals surface area contributed by atoms with Gasteiger partial charge in [-0.1, -0.05) is 23.2 Å². The minimum atomic E-state index is -0.549. The van der Waals surface area contributed by atoms with Gasteiger partial charge in [-0.3, -0.25) is 4.79 Å². The van der Waals surface area contributed by atoms with Crippen LogP contribution in [0.1, 0.15) is 17.4 Å². The molecule has 1 amide bonds. The number of amides is 1. The normalized spacial score (nSPS) is 10.4. The fourth-order valence-electron chi connectivity index (χ4n) is 1.58. The molecule has 0 aliphatic carbocycles. The van der Waals surface area contributed by atoms with Crippen molar-refractivity contribution in [2.24, 2.45) is 0 Å². The lowest BCUT2D eigenvalue weighted by Crippen LogP contribution is -2.12. The molecule has 2 N–H and O–H groups in total. The van der Waals surface area contributed by atoms with Gasteiger partial charge in [-0.05, 0) is 25.1 Å². The lowest BCUT2D eigenvalue weighted by molar-refractivity contribution is 0.102. The standard InChI is InChI=1S/C13H11Cl2FN2O2/c1-2-20-11-4-3-7(5-9(11)16)17-13(19)10-6-8(14)12(15)18-10/h3-6,18H,2H2,1H3,(H,17,19). The maximum Gasteiger partial charge on any atom is 0.272 e. The molecule has 7 heteroatoms. The van der Waals surface area contributed by atoms with Crippen LogP contribution in [0.3, 0.4) is 0 Å². The third kappa shape index (κ3) is 3.23. The van der Waals surface area contributed by atoms with Crippen LogP contribution in [0.4, 0.5) is 10.1 Å². The molecule has 0 aliphatic rings. The van der Waals surface area contributed by atoms with Crippen LogP contribution in [0.2, 0.25) is 10.2 Å². The molecule has 4 nitrogen and oxygen atoms in total. The molecular weight excluding hydrogens is 306 g/mol. The predicted octanol–water partition coefficient (Wildman–Crippen LogP) is 4.11. The fourth-order valence-corrected chi connectivity index (χ4v) is 1.89. The van der Waals surface area contributed by atoms with Crippen LogP contribution in [0.25, 0.3) is 0 Å². The smallest absolute Gasteiger partial charge is 0.272 e. The van der Waals surface area contributed by atoms with E-state index in [0.29, 0.717) is 12.3 Å². The summed E-state index contributed by atoms with van der Waals surface area (Å²) in [5.74, 6) is -0.883. The SMILES string of the molecule is CCOc1ccc(NC(=O)c2cc(Cl)c(Cl)[nH]2)cc1F. The van der Waals surface area contributed by atoms with Crippen molar-refractivity contribution in [1.29, 1.82) is 0 Å². The first-order chi connectivity index (χ1) is 9.51. The van der Waals surface area contributed by atoms with Crippen LogP contribution < -0.4 is 10.1 Å². The summed E-state index contributed by atoms with van der Waals surface area (Å²) in [6.07, 6.45) is 0. The van der Waals surface area contributed by atoms with Gasteiger partial charge < -0.3 is 15.0 Å². The van der Waals surface area contributed by atoms with Gasteiger partial charge in [-0.2, -0.15) is 0 Å². The van der Waals surface area contributed by atoms with E-state index in [1.807, 2.05) is 0 Å². The molecule has 0 atom stereocenters. The molecule has 0 bridgehead atoms. The third-order valence-electron chi connectivity index (χ3n) is 2.46. The molecule has 106 valence electrons. The van der Waals surface area contributed by atoms with Gasteiger partial charge in [-0.15, -0.1) is 0 Å². The number of hydrogen-bond donors (Lipinski definition) is 2. The van der Waals surface area contributed by atoms with Crippen molar-refractivity contribution >= 4 is 34.8 Å². The number of carbonyl (C=O) groups is 1. The number of aromatic nitrogens is 1. The first-order valence-corrected chi connectivity index (χ1v) is 6.54. The molecule has 1 aromatic carbocycles. The molecule has 0 saturated carbocycles. The number of hydrogen-bond acceptors (Lipinski definition) is 2. The number of carbonyl (C=O) groups excluding carboxylic acids is 1. The Balaban J connectivity index is 2.13. The summed E-state index contributed by atoms with van der Waals surface area (Å²) in [6.45, 7) is 2.12. The summed E-state index contributed by atoms with van der Waals surface area (Å²) < 4.78 is 18.7. The average molecular weight is 317 g/mol. The molecular formula is C13H11Cl2FN2O2. The van der Waals surface area contributed by atoms with Crippen molar-refractivity contribution in [1.82, 2.24) is 4.98 Å². The fraction of sp³-hybridized carbons (Fsp3) is 0.154. The summed E-state index contributed by atoms with van der Waals surface area (Å²) in [7, 11) is 0. The van der Waals surface area contributed by atoms with Gasteiger partial charge in [0.05, 0.1) is 11.6 Å². The highest BCUT2D eigenvalue weighted by Crippen LogP contribution is 2.24. The molecule has 2 rings (SSSR count). The molecule has 0 spiro atoms. The highest BCUT2D eigenvalue weighted by molar-refractivity contribution is 6.41. The molecule has 0 aliphatic heterocycles. The van der Waals surface area contributed by atoms with Crippen LogP contribution in [-0.2, 0) is 0 Å². The number of nitrogens with one attached hydrogen (secondary N) is 2. The Labute approximate surface area is 124 Å². The van der Waals surface area contributed by atoms with Gasteiger partial charge >= 0.3 is 0 Å². The maximum absolute atomic E-state index is 13.6. The lowest BCUT2D eigenvalue weighted by Gasteiger charge is -2.07. The topological polar surface area (TPSA) is 54.1 Å². The van der Waals surface area contributed by atoms with E-state index in [2.05, 4.69) is 10.3 Å². The van der Waals surface area contributed by atoms with Crippen molar-refractivity contribution in [2.75, 3.05) is 11.9 Å². The zero-order valence-electron chi connectivity index (χ0n) is 10.5. The van der Waals surface area contributed by atoms with Gasteiger partial charge in [0.1, 0.15) is 10.8 Å². The Hall–Kier alpha value is -1.72. The summed E-state index contributed by atoms with van der Waals surface area (Å²) >= 11 is 11.5. The Kier molecular flexibility index (Phi) is 4.52. The molecule has 1 heterocycles. The van der Waals surface area contributed by atoms with Crippen LogP contribution in [-0.4, -0.2) is 17.5 Å². The number of rotatable bonds is 4. The quantitative estimate of drug-likeness (QED) is 0.891. The zero-order valence-corrected chi connectivity index (χ0v) is 12.0. The molecule has 1 aromatic heterocycles. The van der Waals surface area contributed by atoms with Crippen molar-refractivity contribution in [2.45, 2.75) is 6.92 Å². The van der Waals surface area contributed by atoms with Crippen LogP contribution in [0.15, 0.2) is 24.3 Å². The monoisotopic (exact) mass is 316 g/mol. The molecule has 0 fully saturated rings. The van der Waals surface area contributed by atoms with Crippen molar-refractivity contribution in [3.05, 3.63) is 46.0 Å². The number of ether oxygens (including phenoxy) is 1.